The first-order chi connectivity index (χ1) is 11.4. The van der Waals surface area contributed by atoms with Gasteiger partial charge >= 0.3 is 0 Å². The highest BCUT2D eigenvalue weighted by Crippen LogP contribution is 2.30. The summed E-state index contributed by atoms with van der Waals surface area (Å²) in [5.74, 6) is 0.968. The van der Waals surface area contributed by atoms with Crippen LogP contribution in [0.5, 0.6) is 0 Å². The normalized spacial score (nSPS) is 14.5. The molecule has 1 fully saturated rings. The maximum atomic E-state index is 12.9. The lowest BCUT2D eigenvalue weighted by molar-refractivity contribution is -0.118. The molecule has 7 heteroatoms. The molecule has 1 aliphatic rings. The minimum atomic E-state index is -0.00209. The number of nitrogens with one attached hydrogen (secondary N) is 1. The molecule has 24 heavy (non-hydrogen) atoms. The van der Waals surface area contributed by atoms with Gasteiger partial charge in [0.25, 0.3) is 5.56 Å². The summed E-state index contributed by atoms with van der Waals surface area (Å²) in [7, 11) is 0. The number of rotatable bonds is 6. The van der Waals surface area contributed by atoms with E-state index in [2.05, 4.69) is 10.3 Å². The average Bonchev–Trinajstić information content (AvgIpc) is 3.29. The van der Waals surface area contributed by atoms with Crippen LogP contribution in [0.4, 0.5) is 0 Å². The maximum Gasteiger partial charge on any atom is 0.263 e. The number of carbonyl (C=O) groups is 1. The van der Waals surface area contributed by atoms with E-state index in [-0.39, 0.29) is 17.5 Å². The molecule has 2 aromatic rings. The predicted molar refractivity (Wildman–Crippen MR) is 100 cm³/mol. The Kier molecular flexibility index (Phi) is 5.01. The van der Waals surface area contributed by atoms with Gasteiger partial charge in [-0.25, -0.2) is 4.98 Å². The molecule has 0 unspecified atom stereocenters. The molecule has 0 saturated heterocycles. The van der Waals surface area contributed by atoms with Crippen LogP contribution in [0.15, 0.2) is 9.95 Å². The van der Waals surface area contributed by atoms with Crippen molar-refractivity contribution in [2.75, 3.05) is 12.3 Å². The van der Waals surface area contributed by atoms with E-state index in [0.717, 1.165) is 21.8 Å². The number of hydrogen-bond donors (Lipinski definition) is 1. The van der Waals surface area contributed by atoms with Crippen molar-refractivity contribution in [1.82, 2.24) is 14.9 Å². The summed E-state index contributed by atoms with van der Waals surface area (Å²) < 4.78 is 1.71. The number of nitrogens with zero attached hydrogens (tertiary/aromatic N) is 2. The van der Waals surface area contributed by atoms with E-state index in [1.54, 1.807) is 15.9 Å². The molecule has 5 nitrogen and oxygen atoms in total. The van der Waals surface area contributed by atoms with Crippen LogP contribution in [-0.4, -0.2) is 27.8 Å². The van der Waals surface area contributed by atoms with Crippen molar-refractivity contribution in [3.63, 3.8) is 0 Å². The van der Waals surface area contributed by atoms with Gasteiger partial charge in [-0.3, -0.25) is 14.2 Å². The van der Waals surface area contributed by atoms with E-state index in [4.69, 9.17) is 0 Å². The van der Waals surface area contributed by atoms with Crippen LogP contribution >= 0.6 is 23.1 Å². The maximum absolute atomic E-state index is 12.9. The van der Waals surface area contributed by atoms with Crippen molar-refractivity contribution in [3.8, 4) is 0 Å². The first-order valence-corrected chi connectivity index (χ1v) is 10.1. The summed E-state index contributed by atoms with van der Waals surface area (Å²) >= 11 is 2.89. The Morgan fingerprint density at radius 1 is 1.42 bits per heavy atom. The summed E-state index contributed by atoms with van der Waals surface area (Å²) in [4.78, 5) is 31.5. The van der Waals surface area contributed by atoms with Crippen molar-refractivity contribution in [2.24, 2.45) is 5.92 Å². The molecule has 2 heterocycles. The Labute approximate surface area is 149 Å². The van der Waals surface area contributed by atoms with Gasteiger partial charge in [-0.1, -0.05) is 11.8 Å². The molecule has 0 spiro atoms. The van der Waals surface area contributed by atoms with Crippen molar-refractivity contribution in [2.45, 2.75) is 51.7 Å². The number of aryl methyl sites for hydroxylation is 2. The van der Waals surface area contributed by atoms with Gasteiger partial charge in [0.2, 0.25) is 5.91 Å². The monoisotopic (exact) mass is 365 g/mol. The molecule has 0 radical (unpaired) electrons. The van der Waals surface area contributed by atoms with Crippen molar-refractivity contribution < 1.29 is 4.79 Å². The summed E-state index contributed by atoms with van der Waals surface area (Å²) in [6.45, 7) is 8.70. The Balaban J connectivity index is 1.86. The zero-order valence-electron chi connectivity index (χ0n) is 14.5. The first kappa shape index (κ1) is 17.5. The molecule has 130 valence electrons. The first-order valence-electron chi connectivity index (χ1n) is 8.30. The molecule has 1 amide bonds. The number of aromatic nitrogens is 2. The number of carbonyl (C=O) groups excluding carboxylic acids is 1. The van der Waals surface area contributed by atoms with Crippen molar-refractivity contribution in [1.29, 1.82) is 0 Å². The Morgan fingerprint density at radius 3 is 2.75 bits per heavy atom. The summed E-state index contributed by atoms with van der Waals surface area (Å²) in [5.41, 5.74) is 1.01. The molecule has 0 atom stereocenters. The van der Waals surface area contributed by atoms with Gasteiger partial charge in [0.05, 0.1) is 11.1 Å². The molecule has 1 N–H and O–H groups in total. The molecular weight excluding hydrogens is 342 g/mol. The SMILES string of the molecule is Cc1sc2nc(SCC(=O)NCC3CC3)n(C(C)C)c(=O)c2c1C. The molecule has 0 aromatic carbocycles. The van der Waals surface area contributed by atoms with Gasteiger partial charge in [-0.15, -0.1) is 11.3 Å². The van der Waals surface area contributed by atoms with Crippen LogP contribution in [0, 0.1) is 19.8 Å². The minimum Gasteiger partial charge on any atom is -0.355 e. The van der Waals surface area contributed by atoms with Crippen LogP contribution in [-0.2, 0) is 4.79 Å². The number of thiophene rings is 1. The van der Waals surface area contributed by atoms with Crippen molar-refractivity contribution in [3.05, 3.63) is 20.8 Å². The Morgan fingerprint density at radius 2 is 2.12 bits per heavy atom. The van der Waals surface area contributed by atoms with Crippen LogP contribution in [0.1, 0.15) is 43.2 Å². The number of hydrogen-bond acceptors (Lipinski definition) is 5. The lowest BCUT2D eigenvalue weighted by atomic mass is 10.2. The molecule has 2 aromatic heterocycles. The lowest BCUT2D eigenvalue weighted by Gasteiger charge is -2.15. The number of thioether (sulfide) groups is 1. The van der Waals surface area contributed by atoms with Gasteiger partial charge in [0.15, 0.2) is 5.16 Å². The zero-order chi connectivity index (χ0) is 17.4. The summed E-state index contributed by atoms with van der Waals surface area (Å²) in [6.07, 6.45) is 2.44. The van der Waals surface area contributed by atoms with E-state index in [1.165, 1.54) is 24.6 Å². The highest BCUT2D eigenvalue weighted by atomic mass is 32.2. The van der Waals surface area contributed by atoms with E-state index in [0.29, 0.717) is 22.2 Å². The van der Waals surface area contributed by atoms with Crippen LogP contribution in [0.25, 0.3) is 10.2 Å². The lowest BCUT2D eigenvalue weighted by Crippen LogP contribution is -2.28. The second-order valence-corrected chi connectivity index (χ2v) is 8.81. The van der Waals surface area contributed by atoms with Gasteiger partial charge in [0, 0.05) is 17.5 Å². The molecular formula is C17H23N3O2S2. The fraction of sp³-hybridized carbons (Fsp3) is 0.588. The second kappa shape index (κ2) is 6.88. The number of fused-ring (bicyclic) bond motifs is 1. The fourth-order valence-corrected chi connectivity index (χ4v) is 4.63. The quantitative estimate of drug-likeness (QED) is 0.630. The highest BCUT2D eigenvalue weighted by molar-refractivity contribution is 7.99. The molecule has 1 aliphatic carbocycles. The summed E-state index contributed by atoms with van der Waals surface area (Å²) in [6, 6.07) is 0.00558. The Bertz CT molecular complexity index is 834. The molecule has 3 rings (SSSR count). The molecule has 0 bridgehead atoms. The van der Waals surface area contributed by atoms with Gasteiger partial charge in [-0.2, -0.15) is 0 Å². The summed E-state index contributed by atoms with van der Waals surface area (Å²) in [5, 5.41) is 4.30. The van der Waals surface area contributed by atoms with E-state index in [9.17, 15) is 9.59 Å². The molecule has 1 saturated carbocycles. The third kappa shape index (κ3) is 3.52. The fourth-order valence-electron chi connectivity index (χ4n) is 2.61. The van der Waals surface area contributed by atoms with E-state index < -0.39 is 0 Å². The Hall–Kier alpha value is -1.34. The third-order valence-corrected chi connectivity index (χ3v) is 6.39. The van der Waals surface area contributed by atoms with Crippen LogP contribution in [0.3, 0.4) is 0 Å². The van der Waals surface area contributed by atoms with Gasteiger partial charge in [-0.05, 0) is 52.0 Å². The second-order valence-electron chi connectivity index (χ2n) is 6.66. The third-order valence-electron chi connectivity index (χ3n) is 4.34. The number of amides is 1. The predicted octanol–water partition coefficient (Wildman–Crippen LogP) is 3.27. The topological polar surface area (TPSA) is 64.0 Å². The van der Waals surface area contributed by atoms with Gasteiger partial charge in [0.1, 0.15) is 4.83 Å². The van der Waals surface area contributed by atoms with Crippen molar-refractivity contribution >= 4 is 39.2 Å². The zero-order valence-corrected chi connectivity index (χ0v) is 16.1. The smallest absolute Gasteiger partial charge is 0.263 e. The average molecular weight is 366 g/mol. The largest absolute Gasteiger partial charge is 0.355 e. The van der Waals surface area contributed by atoms with Crippen LogP contribution < -0.4 is 10.9 Å². The van der Waals surface area contributed by atoms with E-state index >= 15 is 0 Å². The van der Waals surface area contributed by atoms with Gasteiger partial charge < -0.3 is 5.32 Å². The highest BCUT2D eigenvalue weighted by Gasteiger charge is 2.22. The van der Waals surface area contributed by atoms with Crippen LogP contribution in [0.2, 0.25) is 0 Å². The minimum absolute atomic E-state index is 0.00209. The van der Waals surface area contributed by atoms with E-state index in [1.807, 2.05) is 27.7 Å². The molecule has 0 aliphatic heterocycles. The standard InChI is InChI=1S/C17H23N3O2S2/c1-9(2)20-16(22)14-10(3)11(4)24-15(14)19-17(20)23-8-13(21)18-7-12-5-6-12/h9,12H,5-8H2,1-4H3,(H,18,21).